The van der Waals surface area contributed by atoms with E-state index < -0.39 is 11.5 Å². The van der Waals surface area contributed by atoms with E-state index in [0.29, 0.717) is 0 Å². The summed E-state index contributed by atoms with van der Waals surface area (Å²) in [5.74, 6) is -0.767. The minimum Gasteiger partial charge on any atom is -0.310 e. The molecule has 0 atom stereocenters. The number of carbonyl (C=O) groups is 1. The Morgan fingerprint density at radius 2 is 1.77 bits per heavy atom. The summed E-state index contributed by atoms with van der Waals surface area (Å²) in [6.45, 7) is 3.82. The van der Waals surface area contributed by atoms with Crippen LogP contribution in [0.4, 0.5) is 10.3 Å². The van der Waals surface area contributed by atoms with Gasteiger partial charge in [0.15, 0.2) is 0 Å². The molecule has 26 heavy (non-hydrogen) atoms. The van der Waals surface area contributed by atoms with Crippen LogP contribution in [0.2, 0.25) is 0 Å². The van der Waals surface area contributed by atoms with Crippen molar-refractivity contribution in [2.24, 2.45) is 0 Å². The summed E-state index contributed by atoms with van der Waals surface area (Å²) >= 11 is 0. The summed E-state index contributed by atoms with van der Waals surface area (Å²) in [7, 11) is 0. The summed E-state index contributed by atoms with van der Waals surface area (Å²) in [5.41, 5.74) is 1.73. The molecule has 0 saturated carbocycles. The van der Waals surface area contributed by atoms with Crippen molar-refractivity contribution >= 4 is 11.9 Å². The van der Waals surface area contributed by atoms with E-state index in [0.717, 1.165) is 17.0 Å². The van der Waals surface area contributed by atoms with Crippen LogP contribution in [0.25, 0.3) is 0 Å². The first-order valence-corrected chi connectivity index (χ1v) is 8.00. The van der Waals surface area contributed by atoms with Crippen LogP contribution in [0, 0.1) is 19.7 Å². The van der Waals surface area contributed by atoms with Gasteiger partial charge in [-0.15, -0.1) is 0 Å². The highest BCUT2D eigenvalue weighted by Crippen LogP contribution is 2.07. The van der Waals surface area contributed by atoms with Crippen molar-refractivity contribution in [1.82, 2.24) is 14.5 Å². The SMILES string of the molecule is Cc1cc(C)nc(NC(=O)c2cccn(Cc3ccc(F)cc3)c2=O)n1. The molecule has 0 fully saturated rings. The zero-order valence-corrected chi connectivity index (χ0v) is 14.4. The molecule has 0 saturated heterocycles. The van der Waals surface area contributed by atoms with Crippen molar-refractivity contribution in [2.75, 3.05) is 5.32 Å². The van der Waals surface area contributed by atoms with Crippen LogP contribution in [-0.2, 0) is 6.54 Å². The number of hydrogen-bond acceptors (Lipinski definition) is 4. The molecular weight excluding hydrogens is 335 g/mol. The van der Waals surface area contributed by atoms with E-state index in [1.165, 1.54) is 22.8 Å². The van der Waals surface area contributed by atoms with Crippen LogP contribution in [0.5, 0.6) is 0 Å². The molecule has 0 aliphatic rings. The van der Waals surface area contributed by atoms with E-state index in [2.05, 4.69) is 15.3 Å². The summed E-state index contributed by atoms with van der Waals surface area (Å²) in [4.78, 5) is 33.3. The first kappa shape index (κ1) is 17.5. The van der Waals surface area contributed by atoms with E-state index in [9.17, 15) is 14.0 Å². The maximum atomic E-state index is 13.0. The van der Waals surface area contributed by atoms with Crippen LogP contribution in [0.3, 0.4) is 0 Å². The monoisotopic (exact) mass is 352 g/mol. The van der Waals surface area contributed by atoms with Crippen LogP contribution in [0.15, 0.2) is 53.5 Å². The Kier molecular flexibility index (Phi) is 4.88. The summed E-state index contributed by atoms with van der Waals surface area (Å²) in [5, 5.41) is 2.56. The molecule has 3 rings (SSSR count). The molecule has 1 amide bonds. The van der Waals surface area contributed by atoms with E-state index >= 15 is 0 Å². The van der Waals surface area contributed by atoms with Gasteiger partial charge in [-0.2, -0.15) is 0 Å². The van der Waals surface area contributed by atoms with E-state index in [-0.39, 0.29) is 23.9 Å². The fourth-order valence-corrected chi connectivity index (χ4v) is 2.57. The second-order valence-electron chi connectivity index (χ2n) is 5.91. The van der Waals surface area contributed by atoms with Crippen molar-refractivity contribution < 1.29 is 9.18 Å². The van der Waals surface area contributed by atoms with E-state index in [1.54, 1.807) is 44.3 Å². The van der Waals surface area contributed by atoms with Crippen LogP contribution in [-0.4, -0.2) is 20.4 Å². The molecule has 0 aliphatic carbocycles. The Bertz CT molecular complexity index is 993. The third-order valence-corrected chi connectivity index (χ3v) is 3.74. The molecule has 0 spiro atoms. The second kappa shape index (κ2) is 7.26. The van der Waals surface area contributed by atoms with Gasteiger partial charge in [0.1, 0.15) is 11.4 Å². The largest absolute Gasteiger partial charge is 0.310 e. The predicted octanol–water partition coefficient (Wildman–Crippen LogP) is 2.69. The molecule has 2 heterocycles. The van der Waals surface area contributed by atoms with Gasteiger partial charge in [0, 0.05) is 17.6 Å². The maximum absolute atomic E-state index is 13.0. The summed E-state index contributed by atoms with van der Waals surface area (Å²) in [6.07, 6.45) is 1.58. The first-order chi connectivity index (χ1) is 12.4. The number of nitrogens with zero attached hydrogens (tertiary/aromatic N) is 3. The number of rotatable bonds is 4. The maximum Gasteiger partial charge on any atom is 0.263 e. The lowest BCUT2D eigenvalue weighted by atomic mass is 10.2. The quantitative estimate of drug-likeness (QED) is 0.783. The van der Waals surface area contributed by atoms with Crippen molar-refractivity contribution in [1.29, 1.82) is 0 Å². The van der Waals surface area contributed by atoms with Gasteiger partial charge in [0.25, 0.3) is 11.5 Å². The zero-order chi connectivity index (χ0) is 18.7. The second-order valence-corrected chi connectivity index (χ2v) is 5.91. The van der Waals surface area contributed by atoms with Crippen molar-refractivity contribution in [3.8, 4) is 0 Å². The molecule has 6 nitrogen and oxygen atoms in total. The Morgan fingerprint density at radius 1 is 1.12 bits per heavy atom. The van der Waals surface area contributed by atoms with Gasteiger partial charge in [0.05, 0.1) is 6.54 Å². The third-order valence-electron chi connectivity index (χ3n) is 3.74. The topological polar surface area (TPSA) is 76.9 Å². The minimum absolute atomic E-state index is 0.0163. The van der Waals surface area contributed by atoms with Crippen molar-refractivity contribution in [3.63, 3.8) is 0 Å². The highest BCUT2D eigenvalue weighted by Gasteiger charge is 2.14. The molecule has 132 valence electrons. The van der Waals surface area contributed by atoms with Crippen molar-refractivity contribution in [2.45, 2.75) is 20.4 Å². The first-order valence-electron chi connectivity index (χ1n) is 8.00. The number of anilines is 1. The molecule has 0 aliphatic heterocycles. The molecule has 1 N–H and O–H groups in total. The molecular formula is C19H17FN4O2. The van der Waals surface area contributed by atoms with Gasteiger partial charge in [0.2, 0.25) is 5.95 Å². The van der Waals surface area contributed by atoms with Gasteiger partial charge >= 0.3 is 0 Å². The highest BCUT2D eigenvalue weighted by molar-refractivity contribution is 6.03. The molecule has 3 aromatic rings. The third kappa shape index (κ3) is 4.00. The van der Waals surface area contributed by atoms with Gasteiger partial charge < -0.3 is 4.57 Å². The molecule has 0 unspecified atom stereocenters. The molecule has 0 radical (unpaired) electrons. The smallest absolute Gasteiger partial charge is 0.263 e. The normalized spacial score (nSPS) is 10.6. The number of aryl methyl sites for hydroxylation is 2. The molecule has 7 heteroatoms. The number of amides is 1. The fourth-order valence-electron chi connectivity index (χ4n) is 2.57. The van der Waals surface area contributed by atoms with Gasteiger partial charge in [-0.25, -0.2) is 14.4 Å². The standard InChI is InChI=1S/C19H17FN4O2/c1-12-10-13(2)22-19(21-12)23-17(25)16-4-3-9-24(18(16)26)11-14-5-7-15(20)8-6-14/h3-10H,11H2,1-2H3,(H,21,22,23,25). The van der Waals surface area contributed by atoms with E-state index in [4.69, 9.17) is 0 Å². The Labute approximate surface area is 149 Å². The minimum atomic E-state index is -0.576. The lowest BCUT2D eigenvalue weighted by Gasteiger charge is -2.09. The number of pyridine rings is 1. The van der Waals surface area contributed by atoms with Crippen molar-refractivity contribution in [3.05, 3.63) is 87.3 Å². The summed E-state index contributed by atoms with van der Waals surface area (Å²) < 4.78 is 14.4. The van der Waals surface area contributed by atoms with Crippen LogP contribution >= 0.6 is 0 Å². The van der Waals surface area contributed by atoms with E-state index in [1.807, 2.05) is 0 Å². The highest BCUT2D eigenvalue weighted by atomic mass is 19.1. The average molecular weight is 352 g/mol. The van der Waals surface area contributed by atoms with Crippen LogP contribution in [0.1, 0.15) is 27.3 Å². The summed E-state index contributed by atoms with van der Waals surface area (Å²) in [6, 6.07) is 10.7. The van der Waals surface area contributed by atoms with Gasteiger partial charge in [-0.05, 0) is 49.7 Å². The average Bonchev–Trinajstić information content (AvgIpc) is 2.57. The Hall–Kier alpha value is -3.35. The molecule has 0 bridgehead atoms. The number of nitrogens with one attached hydrogen (secondary N) is 1. The zero-order valence-electron chi connectivity index (χ0n) is 14.4. The fraction of sp³-hybridized carbons (Fsp3) is 0.158. The number of carbonyl (C=O) groups excluding carboxylic acids is 1. The predicted molar refractivity (Wildman–Crippen MR) is 95.7 cm³/mol. The van der Waals surface area contributed by atoms with Gasteiger partial charge in [-0.3, -0.25) is 14.9 Å². The molecule has 2 aromatic heterocycles. The Morgan fingerprint density at radius 3 is 2.42 bits per heavy atom. The number of benzene rings is 1. The van der Waals surface area contributed by atoms with Crippen LogP contribution < -0.4 is 10.9 Å². The number of aromatic nitrogens is 3. The Balaban J connectivity index is 1.85. The molecule has 1 aromatic carbocycles. The lowest BCUT2D eigenvalue weighted by Crippen LogP contribution is -2.29. The number of halogens is 1. The van der Waals surface area contributed by atoms with Gasteiger partial charge in [-0.1, -0.05) is 12.1 Å². The number of hydrogen-bond donors (Lipinski definition) is 1. The lowest BCUT2D eigenvalue weighted by molar-refractivity contribution is 0.102.